The van der Waals surface area contributed by atoms with Crippen LogP contribution < -0.4 is 0 Å². The van der Waals surface area contributed by atoms with Gasteiger partial charge in [0.1, 0.15) is 13.2 Å². The summed E-state index contributed by atoms with van der Waals surface area (Å²) in [6, 6.07) is 0. The molecule has 0 aliphatic rings. The van der Waals surface area contributed by atoms with Crippen LogP contribution in [0, 0.1) is 0 Å². The Labute approximate surface area is 436 Å². The highest BCUT2D eigenvalue weighted by atomic mass is 16.6. The van der Waals surface area contributed by atoms with Crippen LogP contribution >= 0.6 is 0 Å². The summed E-state index contributed by atoms with van der Waals surface area (Å²) in [6.45, 7) is 6.32. The maximum atomic E-state index is 12.9. The van der Waals surface area contributed by atoms with Crippen molar-refractivity contribution in [3.8, 4) is 0 Å². The van der Waals surface area contributed by atoms with Crippen LogP contribution in [-0.2, 0) is 28.6 Å². The van der Waals surface area contributed by atoms with Gasteiger partial charge in [-0.1, -0.05) is 225 Å². The Hall–Kier alpha value is -4.45. The molecule has 400 valence electrons. The van der Waals surface area contributed by atoms with Gasteiger partial charge in [-0.15, -0.1) is 0 Å². The van der Waals surface area contributed by atoms with Crippen LogP contribution in [0.3, 0.4) is 0 Å². The van der Waals surface area contributed by atoms with E-state index >= 15 is 0 Å². The normalized spacial score (nSPS) is 13.1. The second kappa shape index (κ2) is 58.1. The van der Waals surface area contributed by atoms with Crippen LogP contribution in [0.4, 0.5) is 0 Å². The third kappa shape index (κ3) is 56.3. The maximum absolute atomic E-state index is 12.9. The molecule has 0 aliphatic heterocycles. The molecule has 0 fully saturated rings. The van der Waals surface area contributed by atoms with Crippen molar-refractivity contribution < 1.29 is 28.6 Å². The molecule has 0 aromatic carbocycles. The fourth-order valence-corrected chi connectivity index (χ4v) is 7.36. The molecular weight excluding hydrogens is 877 g/mol. The van der Waals surface area contributed by atoms with Gasteiger partial charge in [0.25, 0.3) is 0 Å². The molecule has 6 nitrogen and oxygen atoms in total. The maximum Gasteiger partial charge on any atom is 0.306 e. The number of hydrogen-bond acceptors (Lipinski definition) is 6. The van der Waals surface area contributed by atoms with Crippen molar-refractivity contribution in [2.24, 2.45) is 0 Å². The van der Waals surface area contributed by atoms with Crippen LogP contribution in [0.1, 0.15) is 239 Å². The van der Waals surface area contributed by atoms with Gasteiger partial charge < -0.3 is 14.2 Å². The van der Waals surface area contributed by atoms with Gasteiger partial charge in [-0.2, -0.15) is 0 Å². The SMILES string of the molecule is CC/C=C\C/C=C\C/C=C\C/C=C\C/C=C\CCCCCCCC(=O)OCC(COC(=O)CCCCCCC/C=C\CCCC)OC(=O)CCCCCCC/C=C\C/C=C\C/C=C\C/C=C\C/C=C\CC. The molecule has 0 aliphatic carbocycles. The first-order valence-corrected chi connectivity index (χ1v) is 28.7. The van der Waals surface area contributed by atoms with E-state index in [1.807, 2.05) is 0 Å². The van der Waals surface area contributed by atoms with Crippen LogP contribution in [0.25, 0.3) is 0 Å². The highest BCUT2D eigenvalue weighted by Gasteiger charge is 2.19. The number of carbonyl (C=O) groups is 3. The van der Waals surface area contributed by atoms with E-state index in [0.717, 1.165) is 173 Å². The lowest BCUT2D eigenvalue weighted by Crippen LogP contribution is -2.30. The highest BCUT2D eigenvalue weighted by molar-refractivity contribution is 5.71. The van der Waals surface area contributed by atoms with Gasteiger partial charge in [-0.25, -0.2) is 0 Å². The number of esters is 3. The van der Waals surface area contributed by atoms with Crippen LogP contribution in [0.2, 0.25) is 0 Å². The Morgan fingerprint density at radius 2 is 0.549 bits per heavy atom. The van der Waals surface area contributed by atoms with Crippen molar-refractivity contribution in [1.82, 2.24) is 0 Å². The molecule has 0 spiro atoms. The molecule has 0 radical (unpaired) electrons. The average molecular weight is 982 g/mol. The Bertz CT molecular complexity index is 1550. The first kappa shape index (κ1) is 66.6. The number of allylic oxidation sites excluding steroid dienone is 22. The van der Waals surface area contributed by atoms with Crippen LogP contribution in [0.15, 0.2) is 134 Å². The van der Waals surface area contributed by atoms with Crippen molar-refractivity contribution in [2.45, 2.75) is 245 Å². The Morgan fingerprint density at radius 3 is 0.873 bits per heavy atom. The van der Waals surface area contributed by atoms with E-state index in [2.05, 4.69) is 154 Å². The third-order valence-electron chi connectivity index (χ3n) is 11.6. The summed E-state index contributed by atoms with van der Waals surface area (Å²) in [7, 11) is 0. The molecule has 0 saturated heterocycles. The van der Waals surface area contributed by atoms with E-state index in [0.29, 0.717) is 19.3 Å². The lowest BCUT2D eigenvalue weighted by Gasteiger charge is -2.18. The minimum Gasteiger partial charge on any atom is -0.462 e. The van der Waals surface area contributed by atoms with Gasteiger partial charge in [0, 0.05) is 19.3 Å². The standard InChI is InChI=1S/C65H104O6/c1-4-7-10-13-16-19-22-24-26-28-30-32-34-36-38-40-43-46-49-52-55-58-64(67)70-61-62(60-69-63(66)57-54-51-48-45-42-21-18-15-12-9-6-3)71-65(68)59-56-53-50-47-44-41-39-37-35-33-31-29-27-25-23-20-17-14-11-8-5-2/h7-8,10-11,15-20,24-27,30-33,36-39,62H,4-6,9,12-14,21-23,28-29,34-35,40-61H2,1-3H3/b10-7-,11-8-,18-15-,19-16-,20-17-,26-24-,27-25-,32-30-,33-31-,38-36-,39-37-. The van der Waals surface area contributed by atoms with E-state index in [1.54, 1.807) is 0 Å². The van der Waals surface area contributed by atoms with Crippen LogP contribution in [-0.4, -0.2) is 37.2 Å². The Balaban J connectivity index is 4.45. The van der Waals surface area contributed by atoms with Crippen molar-refractivity contribution in [1.29, 1.82) is 0 Å². The Morgan fingerprint density at radius 1 is 0.296 bits per heavy atom. The number of rotatable bonds is 50. The molecular formula is C65H104O6. The van der Waals surface area contributed by atoms with Gasteiger partial charge in [0.15, 0.2) is 6.10 Å². The zero-order chi connectivity index (χ0) is 51.4. The minimum absolute atomic E-state index is 0.101. The Kier molecular flexibility index (Phi) is 54.5. The van der Waals surface area contributed by atoms with Gasteiger partial charge in [0.05, 0.1) is 0 Å². The highest BCUT2D eigenvalue weighted by Crippen LogP contribution is 2.13. The second-order valence-electron chi connectivity index (χ2n) is 18.4. The lowest BCUT2D eigenvalue weighted by atomic mass is 10.1. The summed E-state index contributed by atoms with van der Waals surface area (Å²) in [5.41, 5.74) is 0. The minimum atomic E-state index is -0.805. The van der Waals surface area contributed by atoms with E-state index < -0.39 is 6.10 Å². The molecule has 0 saturated carbocycles. The molecule has 1 unspecified atom stereocenters. The molecule has 0 bridgehead atoms. The molecule has 71 heavy (non-hydrogen) atoms. The summed E-state index contributed by atoms with van der Waals surface area (Å²) in [5, 5.41) is 0. The summed E-state index contributed by atoms with van der Waals surface area (Å²) in [5.74, 6) is -0.954. The van der Waals surface area contributed by atoms with Crippen molar-refractivity contribution >= 4 is 17.9 Å². The monoisotopic (exact) mass is 981 g/mol. The number of carbonyl (C=O) groups excluding carboxylic acids is 3. The number of hydrogen-bond donors (Lipinski definition) is 0. The van der Waals surface area contributed by atoms with Crippen LogP contribution in [0.5, 0.6) is 0 Å². The largest absolute Gasteiger partial charge is 0.462 e. The molecule has 0 aromatic heterocycles. The summed E-state index contributed by atoms with van der Waals surface area (Å²) >= 11 is 0. The lowest BCUT2D eigenvalue weighted by molar-refractivity contribution is -0.167. The van der Waals surface area contributed by atoms with Crippen molar-refractivity contribution in [3.63, 3.8) is 0 Å². The third-order valence-corrected chi connectivity index (χ3v) is 11.6. The number of unbranched alkanes of at least 4 members (excludes halogenated alkanes) is 17. The first-order valence-electron chi connectivity index (χ1n) is 28.7. The molecule has 0 N–H and O–H groups in total. The van der Waals surface area contributed by atoms with Gasteiger partial charge >= 0.3 is 17.9 Å². The second-order valence-corrected chi connectivity index (χ2v) is 18.4. The average Bonchev–Trinajstić information content (AvgIpc) is 3.37. The molecule has 0 aromatic rings. The smallest absolute Gasteiger partial charge is 0.306 e. The summed E-state index contributed by atoms with van der Waals surface area (Å²) in [6.07, 6.45) is 81.5. The van der Waals surface area contributed by atoms with E-state index in [9.17, 15) is 14.4 Å². The summed E-state index contributed by atoms with van der Waals surface area (Å²) in [4.78, 5) is 38.1. The van der Waals surface area contributed by atoms with E-state index in [4.69, 9.17) is 14.2 Å². The zero-order valence-corrected chi connectivity index (χ0v) is 45.7. The van der Waals surface area contributed by atoms with Gasteiger partial charge in [0.2, 0.25) is 0 Å². The fourth-order valence-electron chi connectivity index (χ4n) is 7.36. The van der Waals surface area contributed by atoms with Gasteiger partial charge in [-0.3, -0.25) is 14.4 Å². The van der Waals surface area contributed by atoms with Gasteiger partial charge in [-0.05, 0) is 128 Å². The predicted octanol–water partition coefficient (Wildman–Crippen LogP) is 19.4. The first-order chi connectivity index (χ1) is 35.0. The van der Waals surface area contributed by atoms with E-state index in [-0.39, 0.29) is 31.1 Å². The topological polar surface area (TPSA) is 78.9 Å². The molecule has 6 heteroatoms. The molecule has 0 rings (SSSR count). The number of ether oxygens (including phenoxy) is 3. The quantitative estimate of drug-likeness (QED) is 0.0262. The molecule has 0 amide bonds. The van der Waals surface area contributed by atoms with Crippen molar-refractivity contribution in [3.05, 3.63) is 134 Å². The van der Waals surface area contributed by atoms with Crippen molar-refractivity contribution in [2.75, 3.05) is 13.2 Å². The summed E-state index contributed by atoms with van der Waals surface area (Å²) < 4.78 is 16.8. The molecule has 1 atom stereocenters. The predicted molar refractivity (Wildman–Crippen MR) is 306 cm³/mol. The van der Waals surface area contributed by atoms with E-state index in [1.165, 1.54) is 25.7 Å². The fraction of sp³-hybridized carbons (Fsp3) is 0.615. The molecule has 0 heterocycles. The zero-order valence-electron chi connectivity index (χ0n) is 45.7.